The van der Waals surface area contributed by atoms with Crippen molar-refractivity contribution in [2.45, 2.75) is 20.8 Å². The highest BCUT2D eigenvalue weighted by molar-refractivity contribution is 5.75. The Kier molecular flexibility index (Phi) is 9.58. The van der Waals surface area contributed by atoms with Crippen molar-refractivity contribution >= 4 is 8.41 Å². The average molecular weight is 114 g/mol. The predicted octanol–water partition coefficient (Wildman–Crippen LogP) is 1.22. The summed E-state index contributed by atoms with van der Waals surface area (Å²) in [6.07, 6.45) is 0. The van der Waals surface area contributed by atoms with Crippen LogP contribution in [0.5, 0.6) is 0 Å². The van der Waals surface area contributed by atoms with E-state index in [0.29, 0.717) is 0 Å². The summed E-state index contributed by atoms with van der Waals surface area (Å²) in [4.78, 5) is 0. The van der Waals surface area contributed by atoms with Gasteiger partial charge in [-0.2, -0.15) is 0 Å². The zero-order chi connectivity index (χ0) is 5.70. The molecule has 2 heteroatoms. The highest BCUT2D eigenvalue weighted by Gasteiger charge is 1.94. The van der Waals surface area contributed by atoms with E-state index in [1.807, 2.05) is 0 Å². The first kappa shape index (κ1) is 10.9. The van der Waals surface area contributed by atoms with E-state index in [1.165, 1.54) is 0 Å². The van der Waals surface area contributed by atoms with Crippen LogP contribution in [0, 0.1) is 0 Å². The molecule has 0 saturated heterocycles. The molecule has 47 valence electrons. The van der Waals surface area contributed by atoms with E-state index in [4.69, 9.17) is 0 Å². The molecule has 0 unspecified atom stereocenters. The van der Waals surface area contributed by atoms with Crippen LogP contribution in [0.25, 0.3) is 0 Å². The number of rotatable bonds is 3. The second kappa shape index (κ2) is 7.02. The molecule has 8 heavy (non-hydrogen) atoms. The first-order valence-corrected chi connectivity index (χ1v) is 2.99. The van der Waals surface area contributed by atoms with Crippen molar-refractivity contribution in [3.8, 4) is 0 Å². The maximum Gasteiger partial charge on any atom is 0.142 e. The fourth-order valence-electron chi connectivity index (χ4n) is 0.612. The Morgan fingerprint density at radius 1 is 0.875 bits per heavy atom. The zero-order valence-corrected chi connectivity index (χ0v) is 6.11. The molecule has 0 N–H and O–H groups in total. The molecular weight excluding hydrogens is 98.9 g/mol. The van der Waals surface area contributed by atoms with E-state index in [9.17, 15) is 0 Å². The van der Waals surface area contributed by atoms with Gasteiger partial charge in [-0.05, 0) is 0 Å². The normalized spacial score (nSPS) is 9.00. The van der Waals surface area contributed by atoms with E-state index in [-0.39, 0.29) is 8.41 Å². The summed E-state index contributed by atoms with van der Waals surface area (Å²) in [5.41, 5.74) is 0. The van der Waals surface area contributed by atoms with E-state index >= 15 is 0 Å². The van der Waals surface area contributed by atoms with Gasteiger partial charge in [0.05, 0.1) is 0 Å². The highest BCUT2D eigenvalue weighted by atomic mass is 16.7. The molecule has 0 atom stereocenters. The summed E-state index contributed by atoms with van der Waals surface area (Å²) < 4.78 is 3.07. The van der Waals surface area contributed by atoms with Gasteiger partial charge in [-0.25, -0.2) is 0 Å². The topological polar surface area (TPSA) is 2.70 Å². The third-order valence-corrected chi connectivity index (χ3v) is 1.22. The van der Waals surface area contributed by atoms with Gasteiger partial charge in [0, 0.05) is 29.2 Å². The molecule has 0 fully saturated rings. The summed E-state index contributed by atoms with van der Waals surface area (Å²) in [5.74, 6) is 0. The van der Waals surface area contributed by atoms with Crippen LogP contribution in [0.1, 0.15) is 20.8 Å². The highest BCUT2D eigenvalue weighted by Crippen LogP contribution is 1.90. The molecule has 3 radical (unpaired) electrons. The van der Waals surface area contributed by atoms with Gasteiger partial charge in [0.1, 0.15) is 19.8 Å². The molecule has 0 bridgehead atoms. The van der Waals surface area contributed by atoms with Crippen LogP contribution in [0.2, 0.25) is 0 Å². The Labute approximate surface area is 54.3 Å². The standard InChI is InChI=1S/C6H15O.B/c1-4-7(5-2)6-3;/h4-6H2,1-3H3;/q+1;. The summed E-state index contributed by atoms with van der Waals surface area (Å²) in [6.45, 7) is 9.76. The van der Waals surface area contributed by atoms with Crippen molar-refractivity contribution in [1.82, 2.24) is 0 Å². The van der Waals surface area contributed by atoms with E-state index < -0.39 is 0 Å². The van der Waals surface area contributed by atoms with E-state index in [0.717, 1.165) is 19.8 Å². The van der Waals surface area contributed by atoms with Gasteiger partial charge >= 0.3 is 0 Å². The summed E-state index contributed by atoms with van der Waals surface area (Å²) in [6, 6.07) is 0. The minimum absolute atomic E-state index is 0. The maximum absolute atomic E-state index is 3.07. The molecule has 0 aromatic heterocycles. The average Bonchev–Trinajstić information content (AvgIpc) is 1.72. The van der Waals surface area contributed by atoms with E-state index in [2.05, 4.69) is 25.1 Å². The van der Waals surface area contributed by atoms with Gasteiger partial charge in [0.25, 0.3) is 0 Å². The molecule has 0 saturated carbocycles. The lowest BCUT2D eigenvalue weighted by atomic mass is 10.7. The van der Waals surface area contributed by atoms with Crippen molar-refractivity contribution < 1.29 is 4.37 Å². The molecule has 0 aliphatic rings. The van der Waals surface area contributed by atoms with Crippen LogP contribution in [0.3, 0.4) is 0 Å². The largest absolute Gasteiger partial charge is 0.422 e. The third-order valence-electron chi connectivity index (χ3n) is 1.22. The molecule has 0 aromatic rings. The smallest absolute Gasteiger partial charge is 0.142 e. The predicted molar refractivity (Wildman–Crippen MR) is 38.5 cm³/mol. The van der Waals surface area contributed by atoms with Gasteiger partial charge in [-0.1, -0.05) is 0 Å². The van der Waals surface area contributed by atoms with Gasteiger partial charge in [-0.3, -0.25) is 0 Å². The van der Waals surface area contributed by atoms with Crippen molar-refractivity contribution in [3.05, 3.63) is 0 Å². The minimum Gasteiger partial charge on any atom is -0.422 e. The molecule has 0 aliphatic heterocycles. The van der Waals surface area contributed by atoms with Crippen LogP contribution in [0.15, 0.2) is 0 Å². The summed E-state index contributed by atoms with van der Waals surface area (Å²) >= 11 is 0. The van der Waals surface area contributed by atoms with Gasteiger partial charge in [0.2, 0.25) is 0 Å². The fourth-order valence-corrected chi connectivity index (χ4v) is 0.612. The Morgan fingerprint density at radius 3 is 1.12 bits per heavy atom. The summed E-state index contributed by atoms with van der Waals surface area (Å²) in [7, 11) is 0. The minimum atomic E-state index is 0. The number of hydrogen-bond acceptors (Lipinski definition) is 0. The van der Waals surface area contributed by atoms with Crippen molar-refractivity contribution in [3.63, 3.8) is 0 Å². The van der Waals surface area contributed by atoms with Crippen LogP contribution in [0.4, 0.5) is 0 Å². The van der Waals surface area contributed by atoms with Crippen molar-refractivity contribution in [2.24, 2.45) is 0 Å². The Balaban J connectivity index is 0. The first-order chi connectivity index (χ1) is 3.35. The summed E-state index contributed by atoms with van der Waals surface area (Å²) in [5, 5.41) is 0. The molecular formula is C6H15BO+. The molecule has 0 rings (SSSR count). The lowest BCUT2D eigenvalue weighted by Crippen LogP contribution is -2.11. The molecule has 0 aromatic carbocycles. The fraction of sp³-hybridized carbons (Fsp3) is 1.00. The molecule has 0 aliphatic carbocycles. The van der Waals surface area contributed by atoms with Crippen LogP contribution < -0.4 is 0 Å². The second-order valence-electron chi connectivity index (χ2n) is 1.48. The SMILES string of the molecule is CC[O+](CC)CC.[B]. The second-order valence-corrected chi connectivity index (χ2v) is 1.48. The van der Waals surface area contributed by atoms with Crippen molar-refractivity contribution in [1.29, 1.82) is 0 Å². The van der Waals surface area contributed by atoms with Gasteiger partial charge < -0.3 is 4.37 Å². The molecule has 0 spiro atoms. The Morgan fingerprint density at radius 2 is 1.12 bits per heavy atom. The van der Waals surface area contributed by atoms with Gasteiger partial charge in [-0.15, -0.1) is 0 Å². The molecule has 1 nitrogen and oxygen atoms in total. The Bertz CT molecular complexity index is 30.0. The van der Waals surface area contributed by atoms with Crippen LogP contribution in [-0.2, 0) is 4.37 Å². The molecule has 0 amide bonds. The van der Waals surface area contributed by atoms with E-state index in [1.54, 1.807) is 0 Å². The van der Waals surface area contributed by atoms with Crippen molar-refractivity contribution in [2.75, 3.05) is 19.8 Å². The van der Waals surface area contributed by atoms with Crippen LogP contribution >= 0.6 is 0 Å². The number of hydrogen-bond donors (Lipinski definition) is 0. The quantitative estimate of drug-likeness (QED) is 0.383. The zero-order valence-electron chi connectivity index (χ0n) is 6.11. The maximum atomic E-state index is 3.07. The monoisotopic (exact) mass is 114 g/mol. The first-order valence-electron chi connectivity index (χ1n) is 2.99. The lowest BCUT2D eigenvalue weighted by molar-refractivity contribution is -0.119. The third kappa shape index (κ3) is 4.19. The lowest BCUT2D eigenvalue weighted by Gasteiger charge is -2.11. The molecule has 0 heterocycles. The van der Waals surface area contributed by atoms with Crippen LogP contribution in [-0.4, -0.2) is 28.2 Å². The van der Waals surface area contributed by atoms with Gasteiger partial charge in [0.15, 0.2) is 0 Å². The Hall–Kier alpha value is 0.0249.